The molecule has 1 N–H and O–H groups in total. The van der Waals surface area contributed by atoms with Gasteiger partial charge in [0.25, 0.3) is 0 Å². The number of benzene rings is 2. The molecule has 0 saturated heterocycles. The quantitative estimate of drug-likeness (QED) is 0.861. The Bertz CT molecular complexity index is 685. The zero-order valence-corrected chi connectivity index (χ0v) is 11.9. The molecule has 0 saturated carbocycles. The smallest absolute Gasteiger partial charge is 0.240 e. The summed E-state index contributed by atoms with van der Waals surface area (Å²) in [5.74, 6) is -1.05. The van der Waals surface area contributed by atoms with Crippen molar-refractivity contribution in [1.82, 2.24) is 0 Å². The Morgan fingerprint density at radius 3 is 2.55 bits per heavy atom. The SMILES string of the molecule is O=C(Nc1ccc(Cl)cc1)C1C(=O)Sc2ccccc21. The highest BCUT2D eigenvalue weighted by Gasteiger charge is 2.36. The summed E-state index contributed by atoms with van der Waals surface area (Å²) in [5.41, 5.74) is 1.40. The first kappa shape index (κ1) is 13.2. The number of carbonyl (C=O) groups excluding carboxylic acids is 2. The number of rotatable bonds is 2. The Hall–Kier alpha value is -1.78. The highest BCUT2D eigenvalue weighted by molar-refractivity contribution is 8.14. The molecule has 2 aromatic carbocycles. The van der Waals surface area contributed by atoms with Gasteiger partial charge in [-0.2, -0.15) is 0 Å². The van der Waals surface area contributed by atoms with Gasteiger partial charge in [0.2, 0.25) is 11.0 Å². The van der Waals surface area contributed by atoms with Crippen LogP contribution in [0.25, 0.3) is 0 Å². The molecule has 5 heteroatoms. The van der Waals surface area contributed by atoms with Gasteiger partial charge in [0.1, 0.15) is 5.92 Å². The van der Waals surface area contributed by atoms with Crippen LogP contribution in [0.1, 0.15) is 11.5 Å². The van der Waals surface area contributed by atoms with Gasteiger partial charge >= 0.3 is 0 Å². The number of halogens is 1. The molecule has 0 radical (unpaired) electrons. The number of nitrogens with one attached hydrogen (secondary N) is 1. The van der Waals surface area contributed by atoms with Crippen LogP contribution in [0.5, 0.6) is 0 Å². The standard InChI is InChI=1S/C15H10ClNO2S/c16-9-5-7-10(8-6-9)17-14(18)13-11-3-1-2-4-12(11)20-15(13)19/h1-8,13H,(H,17,18). The molecule has 0 fully saturated rings. The lowest BCUT2D eigenvalue weighted by Gasteiger charge is -2.10. The summed E-state index contributed by atoms with van der Waals surface area (Å²) < 4.78 is 0. The second kappa shape index (κ2) is 5.31. The Kier molecular flexibility index (Phi) is 3.51. The molecule has 0 aliphatic carbocycles. The van der Waals surface area contributed by atoms with E-state index in [1.165, 1.54) is 0 Å². The second-order valence-electron chi connectivity index (χ2n) is 4.39. The molecule has 1 amide bonds. The molecular weight excluding hydrogens is 294 g/mol. The van der Waals surface area contributed by atoms with Crippen molar-refractivity contribution in [3.63, 3.8) is 0 Å². The second-order valence-corrected chi connectivity index (χ2v) is 5.87. The summed E-state index contributed by atoms with van der Waals surface area (Å²) in [7, 11) is 0. The van der Waals surface area contributed by atoms with Crippen LogP contribution in [0.4, 0.5) is 5.69 Å². The van der Waals surface area contributed by atoms with E-state index in [0.717, 1.165) is 22.2 Å². The third-order valence-electron chi connectivity index (χ3n) is 3.05. The number of fused-ring (bicyclic) bond motifs is 1. The summed E-state index contributed by atoms with van der Waals surface area (Å²) in [6.07, 6.45) is 0. The topological polar surface area (TPSA) is 46.2 Å². The fraction of sp³-hybridized carbons (Fsp3) is 0.0667. The van der Waals surface area contributed by atoms with E-state index in [1.807, 2.05) is 24.3 Å². The van der Waals surface area contributed by atoms with Crippen molar-refractivity contribution in [2.24, 2.45) is 0 Å². The Morgan fingerprint density at radius 1 is 1.10 bits per heavy atom. The molecule has 1 heterocycles. The van der Waals surface area contributed by atoms with Crippen LogP contribution in [0.3, 0.4) is 0 Å². The van der Waals surface area contributed by atoms with Crippen molar-refractivity contribution in [3.05, 3.63) is 59.1 Å². The maximum atomic E-state index is 12.3. The van der Waals surface area contributed by atoms with Crippen LogP contribution in [-0.2, 0) is 9.59 Å². The predicted molar refractivity (Wildman–Crippen MR) is 80.1 cm³/mol. The van der Waals surface area contributed by atoms with Crippen molar-refractivity contribution in [3.8, 4) is 0 Å². The fourth-order valence-electron chi connectivity index (χ4n) is 2.10. The van der Waals surface area contributed by atoms with Crippen LogP contribution in [0.2, 0.25) is 5.02 Å². The Labute approximate surface area is 125 Å². The van der Waals surface area contributed by atoms with Gasteiger partial charge in [0.15, 0.2) is 0 Å². The lowest BCUT2D eigenvalue weighted by Crippen LogP contribution is -2.23. The van der Waals surface area contributed by atoms with Crippen molar-refractivity contribution in [2.45, 2.75) is 10.8 Å². The molecule has 20 heavy (non-hydrogen) atoms. The van der Waals surface area contributed by atoms with Crippen LogP contribution in [-0.4, -0.2) is 11.0 Å². The van der Waals surface area contributed by atoms with Crippen molar-refractivity contribution >= 4 is 40.1 Å². The van der Waals surface area contributed by atoms with E-state index in [1.54, 1.807) is 24.3 Å². The normalized spacial score (nSPS) is 16.9. The Balaban J connectivity index is 1.84. The van der Waals surface area contributed by atoms with Crippen molar-refractivity contribution in [2.75, 3.05) is 5.32 Å². The van der Waals surface area contributed by atoms with E-state index < -0.39 is 5.92 Å². The van der Waals surface area contributed by atoms with E-state index in [9.17, 15) is 9.59 Å². The average molecular weight is 304 g/mol. The van der Waals surface area contributed by atoms with Gasteiger partial charge in [-0.3, -0.25) is 9.59 Å². The fourth-order valence-corrected chi connectivity index (χ4v) is 3.25. The molecule has 2 aromatic rings. The number of amides is 1. The van der Waals surface area contributed by atoms with E-state index >= 15 is 0 Å². The zero-order valence-electron chi connectivity index (χ0n) is 10.3. The van der Waals surface area contributed by atoms with Gasteiger partial charge in [-0.05, 0) is 35.9 Å². The van der Waals surface area contributed by atoms with Crippen LogP contribution in [0.15, 0.2) is 53.4 Å². The lowest BCUT2D eigenvalue weighted by molar-refractivity contribution is -0.123. The maximum Gasteiger partial charge on any atom is 0.240 e. The molecule has 1 atom stereocenters. The summed E-state index contributed by atoms with van der Waals surface area (Å²) in [4.78, 5) is 25.1. The molecule has 1 unspecified atom stereocenters. The van der Waals surface area contributed by atoms with Gasteiger partial charge in [0.05, 0.1) is 0 Å². The van der Waals surface area contributed by atoms with E-state index in [4.69, 9.17) is 11.6 Å². The molecule has 3 nitrogen and oxygen atoms in total. The summed E-state index contributed by atoms with van der Waals surface area (Å²) in [6, 6.07) is 14.2. The van der Waals surface area contributed by atoms with Crippen molar-refractivity contribution < 1.29 is 9.59 Å². The highest BCUT2D eigenvalue weighted by atomic mass is 35.5. The molecular formula is C15H10ClNO2S. The monoisotopic (exact) mass is 303 g/mol. The van der Waals surface area contributed by atoms with Gasteiger partial charge in [0, 0.05) is 15.6 Å². The zero-order chi connectivity index (χ0) is 14.1. The Morgan fingerprint density at radius 2 is 1.80 bits per heavy atom. The minimum absolute atomic E-state index is 0.141. The first-order chi connectivity index (χ1) is 9.65. The average Bonchev–Trinajstić information content (AvgIpc) is 2.77. The van der Waals surface area contributed by atoms with E-state index in [-0.39, 0.29) is 11.0 Å². The highest BCUT2D eigenvalue weighted by Crippen LogP contribution is 2.41. The van der Waals surface area contributed by atoms with Gasteiger partial charge < -0.3 is 5.32 Å². The van der Waals surface area contributed by atoms with Gasteiger partial charge in [-0.25, -0.2) is 0 Å². The summed E-state index contributed by atoms with van der Waals surface area (Å²) >= 11 is 6.91. The largest absolute Gasteiger partial charge is 0.325 e. The maximum absolute atomic E-state index is 12.3. The van der Waals surface area contributed by atoms with E-state index in [0.29, 0.717) is 10.7 Å². The third-order valence-corrected chi connectivity index (χ3v) is 4.33. The molecule has 0 spiro atoms. The predicted octanol–water partition coefficient (Wildman–Crippen LogP) is 3.69. The molecule has 1 aliphatic heterocycles. The number of hydrogen-bond donors (Lipinski definition) is 1. The molecule has 3 rings (SSSR count). The number of hydrogen-bond acceptors (Lipinski definition) is 3. The first-order valence-electron chi connectivity index (χ1n) is 6.02. The van der Waals surface area contributed by atoms with Crippen LogP contribution in [0, 0.1) is 0 Å². The third kappa shape index (κ3) is 2.44. The molecule has 0 bridgehead atoms. The first-order valence-corrected chi connectivity index (χ1v) is 7.21. The van der Waals surface area contributed by atoms with E-state index in [2.05, 4.69) is 5.32 Å². The minimum Gasteiger partial charge on any atom is -0.325 e. The minimum atomic E-state index is -0.744. The molecule has 1 aliphatic rings. The molecule has 100 valence electrons. The van der Waals surface area contributed by atoms with Gasteiger partial charge in [-0.15, -0.1) is 0 Å². The van der Waals surface area contributed by atoms with Crippen LogP contribution < -0.4 is 5.32 Å². The van der Waals surface area contributed by atoms with Crippen LogP contribution >= 0.6 is 23.4 Å². The lowest BCUT2D eigenvalue weighted by atomic mass is 10.00. The summed E-state index contributed by atoms with van der Waals surface area (Å²) in [6.45, 7) is 0. The van der Waals surface area contributed by atoms with Gasteiger partial charge in [-0.1, -0.05) is 41.6 Å². The number of thioether (sulfide) groups is 1. The number of carbonyl (C=O) groups is 2. The molecule has 0 aromatic heterocycles. The van der Waals surface area contributed by atoms with Crippen molar-refractivity contribution in [1.29, 1.82) is 0 Å². The number of anilines is 1. The summed E-state index contributed by atoms with van der Waals surface area (Å²) in [5, 5.41) is 3.21.